The second-order valence-electron chi connectivity index (χ2n) is 3.45. The molecule has 0 radical (unpaired) electrons. The van der Waals surface area contributed by atoms with Crippen LogP contribution in [0.15, 0.2) is 39.0 Å². The SMILES string of the molecule is COc1cc(=O)c2cc(N=[N+]=[N-])ccc2[nH]c1=O. The number of azide groups is 1. The molecule has 7 heteroatoms. The number of methoxy groups -OCH3 is 1. The molecule has 0 atom stereocenters. The summed E-state index contributed by atoms with van der Waals surface area (Å²) in [6.45, 7) is 0. The Bertz CT molecular complexity index is 775. The van der Waals surface area contributed by atoms with E-state index in [1.54, 1.807) is 0 Å². The molecule has 1 aromatic heterocycles. The van der Waals surface area contributed by atoms with Crippen molar-refractivity contribution in [3.05, 3.63) is 55.3 Å². The smallest absolute Gasteiger partial charge is 0.290 e. The highest BCUT2D eigenvalue weighted by Crippen LogP contribution is 2.17. The maximum Gasteiger partial charge on any atom is 0.290 e. The predicted octanol–water partition coefficient (Wildman–Crippen LogP) is 1.84. The van der Waals surface area contributed by atoms with Gasteiger partial charge in [-0.15, -0.1) is 0 Å². The van der Waals surface area contributed by atoms with Crippen LogP contribution in [0.1, 0.15) is 0 Å². The summed E-state index contributed by atoms with van der Waals surface area (Å²) in [5.74, 6) is -0.0680. The van der Waals surface area contributed by atoms with Crippen LogP contribution < -0.4 is 15.7 Å². The molecule has 0 aliphatic carbocycles. The predicted molar refractivity (Wildman–Crippen MR) is 66.2 cm³/mol. The van der Waals surface area contributed by atoms with Gasteiger partial charge in [-0.3, -0.25) is 9.59 Å². The summed E-state index contributed by atoms with van der Waals surface area (Å²) in [6, 6.07) is 5.51. The fourth-order valence-corrected chi connectivity index (χ4v) is 1.56. The van der Waals surface area contributed by atoms with Gasteiger partial charge < -0.3 is 9.72 Å². The number of hydrogen-bond acceptors (Lipinski definition) is 4. The van der Waals surface area contributed by atoms with Gasteiger partial charge in [0.25, 0.3) is 5.56 Å². The van der Waals surface area contributed by atoms with E-state index in [0.717, 1.165) is 6.07 Å². The third kappa shape index (κ3) is 2.02. The van der Waals surface area contributed by atoms with Gasteiger partial charge in [0.1, 0.15) is 0 Å². The highest BCUT2D eigenvalue weighted by molar-refractivity contribution is 5.81. The normalized spacial score (nSPS) is 9.83. The molecule has 0 amide bonds. The standard InChI is InChI=1S/C11H8N4O3/c1-18-10-5-9(16)7-4-6(14-15-12)2-3-8(7)13-11(10)17/h2-5H,1H3,(H,13,17). The second-order valence-corrected chi connectivity index (χ2v) is 3.45. The molecule has 0 saturated carbocycles. The van der Waals surface area contributed by atoms with E-state index in [0.29, 0.717) is 11.2 Å². The van der Waals surface area contributed by atoms with Crippen molar-refractivity contribution in [3.8, 4) is 5.75 Å². The first-order chi connectivity index (χ1) is 8.65. The Morgan fingerprint density at radius 2 is 2.11 bits per heavy atom. The molecule has 1 N–H and O–H groups in total. The van der Waals surface area contributed by atoms with Gasteiger partial charge in [-0.25, -0.2) is 0 Å². The molecule has 1 aromatic carbocycles. The van der Waals surface area contributed by atoms with E-state index in [2.05, 4.69) is 15.0 Å². The summed E-state index contributed by atoms with van der Waals surface area (Å²) < 4.78 is 4.81. The summed E-state index contributed by atoms with van der Waals surface area (Å²) in [5, 5.41) is 3.65. The van der Waals surface area contributed by atoms with Crippen molar-refractivity contribution in [3.63, 3.8) is 0 Å². The van der Waals surface area contributed by atoms with E-state index in [4.69, 9.17) is 10.3 Å². The van der Waals surface area contributed by atoms with Crippen molar-refractivity contribution in [1.29, 1.82) is 0 Å². The first-order valence-electron chi connectivity index (χ1n) is 4.96. The van der Waals surface area contributed by atoms with E-state index in [1.165, 1.54) is 25.3 Å². The summed E-state index contributed by atoms with van der Waals surface area (Å²) in [7, 11) is 1.31. The van der Waals surface area contributed by atoms with Crippen molar-refractivity contribution in [2.24, 2.45) is 5.11 Å². The van der Waals surface area contributed by atoms with Crippen LogP contribution in [0.25, 0.3) is 21.3 Å². The fourth-order valence-electron chi connectivity index (χ4n) is 1.56. The zero-order valence-corrected chi connectivity index (χ0v) is 9.38. The molecule has 90 valence electrons. The minimum atomic E-state index is -0.499. The second kappa shape index (κ2) is 4.60. The molecule has 18 heavy (non-hydrogen) atoms. The number of hydrogen-bond donors (Lipinski definition) is 1. The third-order valence-electron chi connectivity index (χ3n) is 2.38. The van der Waals surface area contributed by atoms with Gasteiger partial charge in [-0.1, -0.05) is 11.2 Å². The average Bonchev–Trinajstić information content (AvgIpc) is 2.48. The zero-order valence-electron chi connectivity index (χ0n) is 9.38. The first-order valence-corrected chi connectivity index (χ1v) is 4.96. The van der Waals surface area contributed by atoms with Crippen LogP contribution in [0.5, 0.6) is 5.75 Å². The Labute approximate surface area is 100 Å². The lowest BCUT2D eigenvalue weighted by Gasteiger charge is -1.93. The van der Waals surface area contributed by atoms with Gasteiger partial charge in [-0.05, 0) is 17.7 Å². The van der Waals surface area contributed by atoms with Gasteiger partial charge in [-0.2, -0.15) is 0 Å². The van der Waals surface area contributed by atoms with Gasteiger partial charge in [0.15, 0.2) is 11.2 Å². The number of aromatic amines is 1. The lowest BCUT2D eigenvalue weighted by Crippen LogP contribution is -2.05. The lowest BCUT2D eigenvalue weighted by molar-refractivity contribution is 0.409. The Morgan fingerprint density at radius 3 is 2.78 bits per heavy atom. The molecule has 2 aromatic rings. The molecule has 1 heterocycles. The number of rotatable bonds is 2. The summed E-state index contributed by atoms with van der Waals surface area (Å²) in [4.78, 5) is 28.7. The third-order valence-corrected chi connectivity index (χ3v) is 2.38. The first kappa shape index (κ1) is 11.7. The van der Waals surface area contributed by atoms with Crippen molar-refractivity contribution in [1.82, 2.24) is 4.98 Å². The van der Waals surface area contributed by atoms with Gasteiger partial charge in [0.05, 0.1) is 12.6 Å². The van der Waals surface area contributed by atoms with Crippen molar-refractivity contribution in [2.45, 2.75) is 0 Å². The monoisotopic (exact) mass is 244 g/mol. The number of nitrogens with zero attached hydrogens (tertiary/aromatic N) is 3. The summed E-state index contributed by atoms with van der Waals surface area (Å²) in [5.41, 5.74) is 8.10. The topological polar surface area (TPSA) is 108 Å². The van der Waals surface area contributed by atoms with Crippen molar-refractivity contribution < 1.29 is 4.74 Å². The minimum absolute atomic E-state index is 0.0680. The molecule has 0 spiro atoms. The largest absolute Gasteiger partial charge is 0.491 e. The molecular weight excluding hydrogens is 236 g/mol. The molecule has 0 bridgehead atoms. The van der Waals surface area contributed by atoms with Crippen molar-refractivity contribution in [2.75, 3.05) is 7.11 Å². The van der Waals surface area contributed by atoms with Gasteiger partial charge in [0, 0.05) is 22.1 Å². The van der Waals surface area contributed by atoms with Crippen LogP contribution in [0, 0.1) is 0 Å². The van der Waals surface area contributed by atoms with Gasteiger partial charge in [0.2, 0.25) is 0 Å². The number of ether oxygens (including phenoxy) is 1. The van der Waals surface area contributed by atoms with Crippen LogP contribution in [0.4, 0.5) is 5.69 Å². The van der Waals surface area contributed by atoms with Crippen LogP contribution in [-0.4, -0.2) is 12.1 Å². The number of benzene rings is 1. The minimum Gasteiger partial charge on any atom is -0.491 e. The summed E-state index contributed by atoms with van der Waals surface area (Å²) in [6.07, 6.45) is 0. The number of fused-ring (bicyclic) bond motifs is 1. The van der Waals surface area contributed by atoms with E-state index < -0.39 is 11.0 Å². The molecule has 2 rings (SSSR count). The van der Waals surface area contributed by atoms with E-state index in [9.17, 15) is 9.59 Å². The number of H-pyrrole nitrogens is 1. The highest BCUT2D eigenvalue weighted by Gasteiger charge is 2.04. The average molecular weight is 244 g/mol. The van der Waals surface area contributed by atoms with Gasteiger partial charge >= 0.3 is 0 Å². The van der Waals surface area contributed by atoms with Crippen LogP contribution in [-0.2, 0) is 0 Å². The molecule has 7 nitrogen and oxygen atoms in total. The summed E-state index contributed by atoms with van der Waals surface area (Å²) >= 11 is 0. The molecule has 0 fully saturated rings. The van der Waals surface area contributed by atoms with E-state index in [1.807, 2.05) is 0 Å². The molecular formula is C11H8N4O3. The highest BCUT2D eigenvalue weighted by atomic mass is 16.5. The van der Waals surface area contributed by atoms with Crippen LogP contribution in [0.3, 0.4) is 0 Å². The zero-order chi connectivity index (χ0) is 13.1. The van der Waals surface area contributed by atoms with E-state index >= 15 is 0 Å². The Kier molecular flexibility index (Phi) is 2.99. The molecule has 0 saturated heterocycles. The Hall–Kier alpha value is -2.79. The maximum absolute atomic E-state index is 11.9. The van der Waals surface area contributed by atoms with Crippen molar-refractivity contribution >= 4 is 16.6 Å². The van der Waals surface area contributed by atoms with Crippen LogP contribution in [0.2, 0.25) is 0 Å². The van der Waals surface area contributed by atoms with E-state index in [-0.39, 0.29) is 11.1 Å². The Balaban J connectivity index is 2.93. The quantitative estimate of drug-likeness (QED) is 0.494. The fraction of sp³-hybridized carbons (Fsp3) is 0.0909. The number of nitrogens with one attached hydrogen (secondary N) is 1. The Morgan fingerprint density at radius 1 is 1.33 bits per heavy atom. The van der Waals surface area contributed by atoms with Crippen LogP contribution >= 0.6 is 0 Å². The molecule has 0 unspecified atom stereocenters. The lowest BCUT2D eigenvalue weighted by atomic mass is 10.2. The molecule has 0 aliphatic heterocycles. The molecule has 0 aliphatic rings. The maximum atomic E-state index is 11.9. The number of aromatic nitrogens is 1.